The van der Waals surface area contributed by atoms with E-state index in [-0.39, 0.29) is 30.7 Å². The fraction of sp³-hybridized carbons (Fsp3) is 0.286. The average Bonchev–Trinajstić information content (AvgIpc) is 3.17. The number of hydrogen-bond donors (Lipinski definition) is 1. The maximum absolute atomic E-state index is 13.7. The van der Waals surface area contributed by atoms with Crippen molar-refractivity contribution in [2.45, 2.75) is 6.10 Å². The first-order valence-corrected chi connectivity index (χ1v) is 10.4. The predicted molar refractivity (Wildman–Crippen MR) is 110 cm³/mol. The molecule has 3 aromatic rings. The zero-order chi connectivity index (χ0) is 22.0. The van der Waals surface area contributed by atoms with Crippen LogP contribution in [0, 0.1) is 11.6 Å². The van der Waals surface area contributed by atoms with E-state index in [4.69, 9.17) is 9.47 Å². The fourth-order valence-corrected chi connectivity index (χ4v) is 4.57. The molecule has 1 aromatic carbocycles. The number of pyridine rings is 1. The lowest BCUT2D eigenvalue weighted by Gasteiger charge is -2.33. The van der Waals surface area contributed by atoms with Gasteiger partial charge >= 0.3 is 0 Å². The summed E-state index contributed by atoms with van der Waals surface area (Å²) in [5.41, 5.74) is 0.690. The highest BCUT2D eigenvalue weighted by Gasteiger charge is 2.31. The van der Waals surface area contributed by atoms with E-state index in [9.17, 15) is 18.4 Å². The maximum atomic E-state index is 13.7. The number of rotatable bonds is 5. The van der Waals surface area contributed by atoms with Crippen molar-refractivity contribution in [2.75, 3.05) is 33.4 Å². The van der Waals surface area contributed by atoms with Gasteiger partial charge in [-0.15, -0.1) is 11.3 Å². The number of nitrogens with zero attached hydrogens (tertiary/aromatic N) is 2. The summed E-state index contributed by atoms with van der Waals surface area (Å²) in [6, 6.07) is 6.54. The molecule has 0 bridgehead atoms. The van der Waals surface area contributed by atoms with Crippen molar-refractivity contribution in [3.63, 3.8) is 0 Å². The lowest BCUT2D eigenvalue weighted by Crippen LogP contribution is -2.44. The lowest BCUT2D eigenvalue weighted by atomic mass is 10.0. The highest BCUT2D eigenvalue weighted by atomic mass is 32.1. The molecule has 0 unspecified atom stereocenters. The third-order valence-electron chi connectivity index (χ3n) is 4.92. The number of hydrogen-bond acceptors (Lipinski definition) is 6. The molecule has 1 N–H and O–H groups in total. The summed E-state index contributed by atoms with van der Waals surface area (Å²) in [4.78, 5) is 32.2. The van der Waals surface area contributed by atoms with Crippen LogP contribution in [0.15, 0.2) is 36.5 Å². The van der Waals surface area contributed by atoms with E-state index >= 15 is 0 Å². The zero-order valence-electron chi connectivity index (χ0n) is 16.6. The summed E-state index contributed by atoms with van der Waals surface area (Å²) in [7, 11) is 1.55. The van der Waals surface area contributed by atoms with Gasteiger partial charge in [0, 0.05) is 36.8 Å². The molecule has 0 aliphatic carbocycles. The predicted octanol–water partition coefficient (Wildman–Crippen LogP) is 2.91. The zero-order valence-corrected chi connectivity index (χ0v) is 17.4. The molecule has 0 spiro atoms. The van der Waals surface area contributed by atoms with E-state index in [1.54, 1.807) is 24.2 Å². The third-order valence-corrected chi connectivity index (χ3v) is 6.05. The number of thiophene rings is 1. The number of morpholine rings is 1. The molecule has 7 nitrogen and oxygen atoms in total. The van der Waals surface area contributed by atoms with Gasteiger partial charge in [-0.05, 0) is 18.2 Å². The molecule has 2 aromatic heterocycles. The van der Waals surface area contributed by atoms with Gasteiger partial charge in [0.15, 0.2) is 18.2 Å². The first-order chi connectivity index (χ1) is 15.0. The van der Waals surface area contributed by atoms with Crippen LogP contribution in [-0.2, 0) is 9.53 Å². The number of amides is 2. The molecule has 1 aliphatic rings. The first kappa shape index (κ1) is 21.1. The second kappa shape index (κ2) is 8.94. The third kappa shape index (κ3) is 4.35. The van der Waals surface area contributed by atoms with Crippen LogP contribution in [0.2, 0.25) is 0 Å². The average molecular weight is 447 g/mol. The molecule has 0 saturated carbocycles. The molecule has 2 amide bonds. The van der Waals surface area contributed by atoms with Gasteiger partial charge in [0.1, 0.15) is 21.6 Å². The monoisotopic (exact) mass is 447 g/mol. The second-order valence-electron chi connectivity index (χ2n) is 6.84. The van der Waals surface area contributed by atoms with Gasteiger partial charge in [-0.25, -0.2) is 13.8 Å². The summed E-state index contributed by atoms with van der Waals surface area (Å²) < 4.78 is 37.9. The van der Waals surface area contributed by atoms with Crippen molar-refractivity contribution < 1.29 is 27.8 Å². The van der Waals surface area contributed by atoms with Crippen LogP contribution in [-0.4, -0.2) is 55.0 Å². The van der Waals surface area contributed by atoms with E-state index in [1.807, 2.05) is 6.07 Å². The van der Waals surface area contributed by atoms with Crippen molar-refractivity contribution in [1.82, 2.24) is 15.2 Å². The van der Waals surface area contributed by atoms with Crippen molar-refractivity contribution in [3.05, 3.63) is 58.6 Å². The normalized spacial score (nSPS) is 16.4. The molecule has 1 fully saturated rings. The molecule has 1 atom stereocenters. The first-order valence-electron chi connectivity index (χ1n) is 9.54. The molecule has 4 rings (SSSR count). The van der Waals surface area contributed by atoms with Gasteiger partial charge in [-0.2, -0.15) is 0 Å². The molecule has 162 valence electrons. The summed E-state index contributed by atoms with van der Waals surface area (Å²) in [5, 5.41) is 3.43. The number of fused-ring (bicyclic) bond motifs is 1. The molecular formula is C21H19F2N3O4S. The van der Waals surface area contributed by atoms with E-state index < -0.39 is 24.3 Å². The van der Waals surface area contributed by atoms with Crippen LogP contribution in [0.4, 0.5) is 8.78 Å². The van der Waals surface area contributed by atoms with Gasteiger partial charge in [-0.1, -0.05) is 6.07 Å². The largest absolute Gasteiger partial charge is 0.481 e. The standard InChI is InChI=1S/C21H19F2N3O4S/c1-24-20(28)19-18(13-3-2-6-25-21(13)31-19)16-10-26(7-8-29-16)17(27)11-30-15-5-4-12(22)9-14(15)23/h2-6,9,16H,7-8,10-11H2,1H3,(H,24,28)/t16-/m0/s1. The molecule has 1 saturated heterocycles. The second-order valence-corrected chi connectivity index (χ2v) is 7.84. The van der Waals surface area contributed by atoms with Gasteiger partial charge in [0.25, 0.3) is 11.8 Å². The Bertz CT molecular complexity index is 1140. The van der Waals surface area contributed by atoms with E-state index in [0.717, 1.165) is 17.5 Å². The van der Waals surface area contributed by atoms with Gasteiger partial charge in [0.2, 0.25) is 0 Å². The van der Waals surface area contributed by atoms with Crippen LogP contribution in [0.25, 0.3) is 10.2 Å². The van der Waals surface area contributed by atoms with Crippen LogP contribution >= 0.6 is 11.3 Å². The van der Waals surface area contributed by atoms with E-state index in [2.05, 4.69) is 10.3 Å². The Morgan fingerprint density at radius 1 is 1.35 bits per heavy atom. The maximum Gasteiger partial charge on any atom is 0.261 e. The Labute approximate surface area is 180 Å². The Kier molecular flexibility index (Phi) is 6.10. The van der Waals surface area contributed by atoms with Gasteiger partial charge in [0.05, 0.1) is 13.2 Å². The Morgan fingerprint density at radius 3 is 2.97 bits per heavy atom. The van der Waals surface area contributed by atoms with Gasteiger partial charge in [-0.3, -0.25) is 9.59 Å². The van der Waals surface area contributed by atoms with E-state index in [1.165, 1.54) is 11.3 Å². The SMILES string of the molecule is CNC(=O)c1sc2ncccc2c1[C@@H]1CN(C(=O)COc2ccc(F)cc2F)CCO1. The summed E-state index contributed by atoms with van der Waals surface area (Å²) in [5.74, 6) is -2.41. The molecule has 10 heteroatoms. The minimum Gasteiger partial charge on any atom is -0.481 e. The summed E-state index contributed by atoms with van der Waals surface area (Å²) in [6.45, 7) is 0.411. The number of benzene rings is 1. The number of ether oxygens (including phenoxy) is 2. The number of carbonyl (C=O) groups is 2. The van der Waals surface area contributed by atoms with Crippen molar-refractivity contribution >= 4 is 33.4 Å². The molecule has 3 heterocycles. The molecule has 1 aliphatic heterocycles. The smallest absolute Gasteiger partial charge is 0.261 e. The van der Waals surface area contributed by atoms with Crippen molar-refractivity contribution in [1.29, 1.82) is 0 Å². The minimum absolute atomic E-state index is 0.198. The van der Waals surface area contributed by atoms with Crippen LogP contribution in [0.3, 0.4) is 0 Å². The Hall–Kier alpha value is -3.11. The van der Waals surface area contributed by atoms with Crippen LogP contribution < -0.4 is 10.1 Å². The highest BCUT2D eigenvalue weighted by molar-refractivity contribution is 7.20. The molecular weight excluding hydrogens is 428 g/mol. The number of nitrogens with one attached hydrogen (secondary N) is 1. The summed E-state index contributed by atoms with van der Waals surface area (Å²) in [6.07, 6.45) is 1.13. The van der Waals surface area contributed by atoms with E-state index in [0.29, 0.717) is 27.9 Å². The molecule has 31 heavy (non-hydrogen) atoms. The fourth-order valence-electron chi connectivity index (χ4n) is 3.43. The van der Waals surface area contributed by atoms with Crippen molar-refractivity contribution in [2.24, 2.45) is 0 Å². The van der Waals surface area contributed by atoms with Gasteiger partial charge < -0.3 is 19.7 Å². The number of carbonyl (C=O) groups excluding carboxylic acids is 2. The Morgan fingerprint density at radius 2 is 2.19 bits per heavy atom. The van der Waals surface area contributed by atoms with Crippen LogP contribution in [0.1, 0.15) is 21.3 Å². The van der Waals surface area contributed by atoms with Crippen molar-refractivity contribution in [3.8, 4) is 5.75 Å². The highest BCUT2D eigenvalue weighted by Crippen LogP contribution is 2.37. The van der Waals surface area contributed by atoms with Crippen LogP contribution in [0.5, 0.6) is 5.75 Å². The Balaban J connectivity index is 1.52. The number of aromatic nitrogens is 1. The molecule has 0 radical (unpaired) electrons. The summed E-state index contributed by atoms with van der Waals surface area (Å²) >= 11 is 1.27. The topological polar surface area (TPSA) is 80.8 Å². The quantitative estimate of drug-likeness (QED) is 0.651. The minimum atomic E-state index is -0.875. The number of halogens is 2. The lowest BCUT2D eigenvalue weighted by molar-refractivity contribution is -0.141.